The summed E-state index contributed by atoms with van der Waals surface area (Å²) in [7, 11) is 1.48. The first-order valence-corrected chi connectivity index (χ1v) is 14.3. The number of likely N-dealkylation sites (N-methyl/N-ethyl adjacent to an activating group) is 1. The zero-order valence-corrected chi connectivity index (χ0v) is 24.7. The van der Waals surface area contributed by atoms with Crippen LogP contribution in [0.25, 0.3) is 28.0 Å². The van der Waals surface area contributed by atoms with Crippen LogP contribution in [0.2, 0.25) is 0 Å². The number of halogens is 2. The fraction of sp³-hybridized carbons (Fsp3) is 0.273. The number of pyridine rings is 2. The van der Waals surface area contributed by atoms with Crippen LogP contribution in [0, 0.1) is 11.6 Å². The maximum Gasteiger partial charge on any atom is 0.282 e. The van der Waals surface area contributed by atoms with Crippen LogP contribution in [-0.2, 0) is 9.59 Å². The van der Waals surface area contributed by atoms with Crippen LogP contribution in [0.1, 0.15) is 32.3 Å². The van der Waals surface area contributed by atoms with E-state index in [0.717, 1.165) is 11.6 Å². The van der Waals surface area contributed by atoms with Crippen molar-refractivity contribution in [2.24, 2.45) is 0 Å². The number of nitrogens with zero attached hydrogens (tertiary/aromatic N) is 5. The summed E-state index contributed by atoms with van der Waals surface area (Å²) in [5.74, 6) is -3.06. The number of carbonyl (C=O) groups is 2. The van der Waals surface area contributed by atoms with E-state index in [1.165, 1.54) is 40.8 Å². The molecule has 1 saturated heterocycles. The van der Waals surface area contributed by atoms with Gasteiger partial charge in [-0.25, -0.2) is 13.8 Å². The number of hydrogen-bond acceptors (Lipinski definition) is 6. The summed E-state index contributed by atoms with van der Waals surface area (Å²) in [4.78, 5) is 50.1. The number of rotatable bonds is 4. The van der Waals surface area contributed by atoms with Crippen LogP contribution in [0.15, 0.2) is 66.0 Å². The summed E-state index contributed by atoms with van der Waals surface area (Å²) >= 11 is 0. The van der Waals surface area contributed by atoms with Crippen LogP contribution < -0.4 is 15.4 Å². The molecule has 9 nitrogen and oxygen atoms in total. The normalized spacial score (nSPS) is 18.1. The van der Waals surface area contributed by atoms with Gasteiger partial charge in [-0.2, -0.15) is 0 Å². The third-order valence-electron chi connectivity index (χ3n) is 8.52. The van der Waals surface area contributed by atoms with Crippen molar-refractivity contribution in [2.45, 2.75) is 38.8 Å². The third-order valence-corrected chi connectivity index (χ3v) is 8.52. The SMILES string of the molecule is C=CC(=O)N1CC2C(=O)N(C)c3c(c4cc(F)c(-c5c(O)cccc5F)nc4n(-c4ccccc4C(C)C)c3=O)N2CC1C. The molecule has 4 aromatic rings. The highest BCUT2D eigenvalue weighted by molar-refractivity contribution is 6.12. The fourth-order valence-electron chi connectivity index (χ4n) is 6.37. The van der Waals surface area contributed by atoms with E-state index in [4.69, 9.17) is 0 Å². The van der Waals surface area contributed by atoms with Crippen molar-refractivity contribution in [3.05, 3.63) is 88.7 Å². The molecule has 0 bridgehead atoms. The number of benzene rings is 2. The number of phenols is 1. The number of fused-ring (bicyclic) bond motifs is 5. The highest BCUT2D eigenvalue weighted by Crippen LogP contribution is 2.43. The molecule has 2 unspecified atom stereocenters. The van der Waals surface area contributed by atoms with E-state index in [9.17, 15) is 19.5 Å². The first-order valence-electron chi connectivity index (χ1n) is 14.3. The Kier molecular flexibility index (Phi) is 6.98. The van der Waals surface area contributed by atoms with Crippen LogP contribution in [0.5, 0.6) is 5.75 Å². The van der Waals surface area contributed by atoms with Gasteiger partial charge in [-0.15, -0.1) is 0 Å². The maximum absolute atomic E-state index is 16.1. The Balaban J connectivity index is 1.74. The van der Waals surface area contributed by atoms with E-state index in [-0.39, 0.29) is 47.7 Å². The molecule has 0 radical (unpaired) electrons. The molecule has 2 amide bonds. The summed E-state index contributed by atoms with van der Waals surface area (Å²) in [6, 6.07) is 10.8. The summed E-state index contributed by atoms with van der Waals surface area (Å²) < 4.78 is 32.4. The van der Waals surface area contributed by atoms with Gasteiger partial charge in [-0.05, 0) is 48.7 Å². The molecule has 0 spiro atoms. The molecule has 0 aliphatic carbocycles. The number of piperazine rings is 1. The number of aromatic nitrogens is 2. The average molecular weight is 600 g/mol. The minimum Gasteiger partial charge on any atom is -0.507 e. The molecule has 44 heavy (non-hydrogen) atoms. The molecule has 226 valence electrons. The van der Waals surface area contributed by atoms with Gasteiger partial charge in [0.25, 0.3) is 11.5 Å². The zero-order chi connectivity index (χ0) is 31.6. The van der Waals surface area contributed by atoms with E-state index in [1.54, 1.807) is 21.9 Å². The highest BCUT2D eigenvalue weighted by Gasteiger charge is 2.46. The number of carbonyl (C=O) groups excluding carboxylic acids is 2. The molecular formula is C33H31F2N5O4. The minimum atomic E-state index is -0.924. The fourth-order valence-corrected chi connectivity index (χ4v) is 6.37. The third kappa shape index (κ3) is 4.25. The van der Waals surface area contributed by atoms with Crippen LogP contribution in [0.3, 0.4) is 0 Å². The number of amides is 2. The van der Waals surface area contributed by atoms with Crippen molar-refractivity contribution in [1.82, 2.24) is 14.5 Å². The van der Waals surface area contributed by atoms with Gasteiger partial charge in [0.05, 0.1) is 23.5 Å². The molecule has 2 atom stereocenters. The largest absolute Gasteiger partial charge is 0.507 e. The van der Waals surface area contributed by atoms with Crippen LogP contribution in [0.4, 0.5) is 20.2 Å². The Morgan fingerprint density at radius 1 is 1.07 bits per heavy atom. The molecule has 2 aliphatic heterocycles. The lowest BCUT2D eigenvalue weighted by Crippen LogP contribution is -2.66. The molecule has 2 aliphatic rings. The molecule has 0 saturated carbocycles. The minimum absolute atomic E-state index is 0.0275. The van der Waals surface area contributed by atoms with Crippen molar-refractivity contribution >= 4 is 34.2 Å². The van der Waals surface area contributed by atoms with Gasteiger partial charge in [-0.1, -0.05) is 44.7 Å². The lowest BCUT2D eigenvalue weighted by atomic mass is 9.97. The molecule has 1 N–H and O–H groups in total. The highest BCUT2D eigenvalue weighted by atomic mass is 19.1. The molecule has 6 rings (SSSR count). The molecule has 11 heteroatoms. The predicted octanol–water partition coefficient (Wildman–Crippen LogP) is 4.73. The first kappa shape index (κ1) is 29.0. The zero-order valence-electron chi connectivity index (χ0n) is 24.7. The van der Waals surface area contributed by atoms with Crippen molar-refractivity contribution in [2.75, 3.05) is 29.9 Å². The van der Waals surface area contributed by atoms with E-state index in [0.29, 0.717) is 11.4 Å². The van der Waals surface area contributed by atoms with Gasteiger partial charge in [-0.3, -0.25) is 19.0 Å². The van der Waals surface area contributed by atoms with Gasteiger partial charge in [0.15, 0.2) is 11.5 Å². The Hall–Kier alpha value is -5.06. The van der Waals surface area contributed by atoms with Crippen molar-refractivity contribution in [3.8, 4) is 22.7 Å². The van der Waals surface area contributed by atoms with Gasteiger partial charge in [0, 0.05) is 25.0 Å². The second kappa shape index (κ2) is 10.6. The van der Waals surface area contributed by atoms with Crippen LogP contribution in [-0.4, -0.2) is 63.6 Å². The summed E-state index contributed by atoms with van der Waals surface area (Å²) in [5.41, 5.74) is 0.158. The van der Waals surface area contributed by atoms with Gasteiger partial charge >= 0.3 is 0 Å². The number of phenolic OH excluding ortho intramolecular Hbond substituents is 1. The molecular weight excluding hydrogens is 568 g/mol. The van der Waals surface area contributed by atoms with E-state index >= 15 is 8.78 Å². The monoisotopic (exact) mass is 599 g/mol. The lowest BCUT2D eigenvalue weighted by molar-refractivity contribution is -0.130. The Morgan fingerprint density at radius 2 is 1.80 bits per heavy atom. The number of anilines is 2. The van der Waals surface area contributed by atoms with Crippen LogP contribution >= 0.6 is 0 Å². The second-order valence-corrected chi connectivity index (χ2v) is 11.5. The Labute approximate surface area is 252 Å². The first-order chi connectivity index (χ1) is 21.0. The maximum atomic E-state index is 16.1. The summed E-state index contributed by atoms with van der Waals surface area (Å²) in [5, 5.41) is 10.7. The van der Waals surface area contributed by atoms with Gasteiger partial charge in [0.2, 0.25) is 5.91 Å². The molecule has 2 aromatic carbocycles. The van der Waals surface area contributed by atoms with Gasteiger partial charge < -0.3 is 19.8 Å². The van der Waals surface area contributed by atoms with Crippen molar-refractivity contribution in [1.29, 1.82) is 0 Å². The molecule has 2 aromatic heterocycles. The lowest BCUT2D eigenvalue weighted by Gasteiger charge is -2.49. The van der Waals surface area contributed by atoms with E-state index < -0.39 is 46.1 Å². The average Bonchev–Trinajstić information content (AvgIpc) is 2.99. The summed E-state index contributed by atoms with van der Waals surface area (Å²) in [6.07, 6.45) is 1.19. The van der Waals surface area contributed by atoms with E-state index in [1.807, 2.05) is 32.9 Å². The number of hydrogen-bond donors (Lipinski definition) is 1. The topological polar surface area (TPSA) is 99.0 Å². The van der Waals surface area contributed by atoms with Crippen molar-refractivity contribution < 1.29 is 23.5 Å². The van der Waals surface area contributed by atoms with Crippen molar-refractivity contribution in [3.63, 3.8) is 0 Å². The Morgan fingerprint density at radius 3 is 2.48 bits per heavy atom. The number of para-hydroxylation sites is 1. The Bertz CT molecular complexity index is 1920. The standard InChI is InChI=1S/C33H31F2N5O4/c1-6-26(42)38-16-24-32(43)37(5)30-29(39(24)15-18(38)4)20-14-22(35)28(27-21(34)11-9-13-25(27)41)36-31(20)40(33(30)44)23-12-8-7-10-19(23)17(2)3/h6-14,17-18,24,41H,1,15-16H2,2-5H3. The summed E-state index contributed by atoms with van der Waals surface area (Å²) in [6.45, 7) is 9.53. The quantitative estimate of drug-likeness (QED) is 0.341. The van der Waals surface area contributed by atoms with Gasteiger partial charge in [0.1, 0.15) is 29.0 Å². The molecule has 4 heterocycles. The second-order valence-electron chi connectivity index (χ2n) is 11.5. The predicted molar refractivity (Wildman–Crippen MR) is 164 cm³/mol. The smallest absolute Gasteiger partial charge is 0.282 e. The van der Waals surface area contributed by atoms with E-state index in [2.05, 4.69) is 11.6 Å². The molecule has 1 fully saturated rings. The number of aromatic hydroxyl groups is 1.